The third-order valence-corrected chi connectivity index (χ3v) is 2.91. The SMILES string of the molecule is Cc1nn(Cc2ccccc2)c2ncnc(N)c12. The first-order chi connectivity index (χ1) is 8.75. The molecular weight excluding hydrogens is 226 g/mol. The van der Waals surface area contributed by atoms with E-state index in [0.29, 0.717) is 12.4 Å². The third-order valence-electron chi connectivity index (χ3n) is 2.91. The van der Waals surface area contributed by atoms with E-state index in [1.807, 2.05) is 29.8 Å². The van der Waals surface area contributed by atoms with Gasteiger partial charge in [-0.1, -0.05) is 30.3 Å². The quantitative estimate of drug-likeness (QED) is 0.739. The summed E-state index contributed by atoms with van der Waals surface area (Å²) in [7, 11) is 0. The van der Waals surface area contributed by atoms with Crippen molar-refractivity contribution in [3.8, 4) is 0 Å². The molecule has 2 aromatic heterocycles. The number of aryl methyl sites for hydroxylation is 1. The average Bonchev–Trinajstić information content (AvgIpc) is 2.69. The Balaban J connectivity index is 2.11. The molecule has 2 heterocycles. The van der Waals surface area contributed by atoms with Crippen LogP contribution in [0.25, 0.3) is 11.0 Å². The van der Waals surface area contributed by atoms with Gasteiger partial charge in [0.05, 0.1) is 17.6 Å². The molecule has 0 amide bonds. The number of anilines is 1. The van der Waals surface area contributed by atoms with Gasteiger partial charge in [0.2, 0.25) is 0 Å². The number of aromatic nitrogens is 4. The number of rotatable bonds is 2. The van der Waals surface area contributed by atoms with Crippen LogP contribution in [0.15, 0.2) is 36.7 Å². The number of fused-ring (bicyclic) bond motifs is 1. The van der Waals surface area contributed by atoms with E-state index < -0.39 is 0 Å². The van der Waals surface area contributed by atoms with Gasteiger partial charge in [-0.05, 0) is 12.5 Å². The first kappa shape index (κ1) is 10.7. The average molecular weight is 239 g/mol. The lowest BCUT2D eigenvalue weighted by molar-refractivity contribution is 0.695. The van der Waals surface area contributed by atoms with Crippen molar-refractivity contribution < 1.29 is 0 Å². The summed E-state index contributed by atoms with van der Waals surface area (Å²) in [6.45, 7) is 2.60. The predicted octanol–water partition coefficient (Wildman–Crippen LogP) is 1.77. The van der Waals surface area contributed by atoms with Crippen molar-refractivity contribution in [2.45, 2.75) is 13.5 Å². The Hall–Kier alpha value is -2.43. The van der Waals surface area contributed by atoms with Crippen LogP contribution in [0.3, 0.4) is 0 Å². The molecule has 0 radical (unpaired) electrons. The number of hydrogen-bond donors (Lipinski definition) is 1. The van der Waals surface area contributed by atoms with E-state index in [2.05, 4.69) is 27.2 Å². The molecule has 3 rings (SSSR count). The third kappa shape index (κ3) is 1.69. The Morgan fingerprint density at radius 2 is 1.94 bits per heavy atom. The zero-order valence-corrected chi connectivity index (χ0v) is 10.0. The van der Waals surface area contributed by atoms with Crippen LogP contribution < -0.4 is 5.73 Å². The molecular formula is C13H13N5. The maximum absolute atomic E-state index is 5.86. The van der Waals surface area contributed by atoms with Crippen molar-refractivity contribution >= 4 is 16.9 Å². The molecule has 0 fully saturated rings. The van der Waals surface area contributed by atoms with E-state index in [-0.39, 0.29) is 0 Å². The van der Waals surface area contributed by atoms with E-state index >= 15 is 0 Å². The van der Waals surface area contributed by atoms with Crippen LogP contribution in [-0.4, -0.2) is 19.7 Å². The van der Waals surface area contributed by atoms with Crippen LogP contribution >= 0.6 is 0 Å². The number of nitrogens with two attached hydrogens (primary N) is 1. The Morgan fingerprint density at radius 1 is 1.17 bits per heavy atom. The van der Waals surface area contributed by atoms with Gasteiger partial charge in [0.1, 0.15) is 12.1 Å². The molecule has 0 saturated heterocycles. The molecule has 90 valence electrons. The van der Waals surface area contributed by atoms with Crippen LogP contribution in [-0.2, 0) is 6.54 Å². The molecule has 0 aliphatic carbocycles. The minimum atomic E-state index is 0.483. The van der Waals surface area contributed by atoms with Crippen LogP contribution in [0, 0.1) is 6.92 Å². The Labute approximate surface area is 104 Å². The standard InChI is InChI=1S/C13H13N5/c1-9-11-12(14)15-8-16-13(11)18(17-9)7-10-5-3-2-4-6-10/h2-6,8H,7H2,1H3,(H2,14,15,16). The second kappa shape index (κ2) is 4.10. The summed E-state index contributed by atoms with van der Waals surface area (Å²) in [5.74, 6) is 0.483. The van der Waals surface area contributed by atoms with E-state index in [1.165, 1.54) is 11.9 Å². The fraction of sp³-hybridized carbons (Fsp3) is 0.154. The highest BCUT2D eigenvalue weighted by Crippen LogP contribution is 2.20. The summed E-state index contributed by atoms with van der Waals surface area (Å²) in [4.78, 5) is 8.27. The minimum Gasteiger partial charge on any atom is -0.383 e. The topological polar surface area (TPSA) is 69.6 Å². The van der Waals surface area contributed by atoms with Gasteiger partial charge in [-0.3, -0.25) is 0 Å². The first-order valence-corrected chi connectivity index (χ1v) is 5.73. The molecule has 0 unspecified atom stereocenters. The zero-order valence-electron chi connectivity index (χ0n) is 10.0. The second-order valence-electron chi connectivity index (χ2n) is 4.19. The van der Waals surface area contributed by atoms with E-state index in [4.69, 9.17) is 5.73 Å². The molecule has 0 aliphatic rings. The van der Waals surface area contributed by atoms with Gasteiger partial charge in [0, 0.05) is 0 Å². The predicted molar refractivity (Wildman–Crippen MR) is 70.0 cm³/mol. The molecule has 18 heavy (non-hydrogen) atoms. The molecule has 2 N–H and O–H groups in total. The number of benzene rings is 1. The maximum Gasteiger partial charge on any atom is 0.163 e. The minimum absolute atomic E-state index is 0.483. The maximum atomic E-state index is 5.86. The highest BCUT2D eigenvalue weighted by molar-refractivity contribution is 5.87. The zero-order chi connectivity index (χ0) is 12.5. The normalized spacial score (nSPS) is 10.9. The number of nitrogen functional groups attached to an aromatic ring is 1. The summed E-state index contributed by atoms with van der Waals surface area (Å²) < 4.78 is 1.86. The van der Waals surface area contributed by atoms with Crippen molar-refractivity contribution in [2.75, 3.05) is 5.73 Å². The van der Waals surface area contributed by atoms with E-state index in [9.17, 15) is 0 Å². The molecule has 0 aliphatic heterocycles. The van der Waals surface area contributed by atoms with Crippen molar-refractivity contribution in [3.63, 3.8) is 0 Å². The van der Waals surface area contributed by atoms with Crippen LogP contribution in [0.2, 0.25) is 0 Å². The van der Waals surface area contributed by atoms with Crippen LogP contribution in [0.1, 0.15) is 11.3 Å². The molecule has 0 spiro atoms. The van der Waals surface area contributed by atoms with Crippen molar-refractivity contribution in [1.82, 2.24) is 19.7 Å². The summed E-state index contributed by atoms with van der Waals surface area (Å²) >= 11 is 0. The van der Waals surface area contributed by atoms with Gasteiger partial charge < -0.3 is 5.73 Å². The first-order valence-electron chi connectivity index (χ1n) is 5.73. The summed E-state index contributed by atoms with van der Waals surface area (Å²) in [6, 6.07) is 10.1. The largest absolute Gasteiger partial charge is 0.383 e. The second-order valence-corrected chi connectivity index (χ2v) is 4.19. The summed E-state index contributed by atoms with van der Waals surface area (Å²) in [6.07, 6.45) is 1.47. The number of hydrogen-bond acceptors (Lipinski definition) is 4. The highest BCUT2D eigenvalue weighted by atomic mass is 15.3. The molecule has 5 nitrogen and oxygen atoms in total. The lowest BCUT2D eigenvalue weighted by atomic mass is 10.2. The van der Waals surface area contributed by atoms with Crippen molar-refractivity contribution in [3.05, 3.63) is 47.9 Å². The molecule has 5 heteroatoms. The Morgan fingerprint density at radius 3 is 2.72 bits per heavy atom. The Bertz CT molecular complexity index is 687. The van der Waals surface area contributed by atoms with E-state index in [1.54, 1.807) is 0 Å². The monoisotopic (exact) mass is 239 g/mol. The van der Waals surface area contributed by atoms with Crippen molar-refractivity contribution in [2.24, 2.45) is 0 Å². The van der Waals surface area contributed by atoms with Gasteiger partial charge in [-0.2, -0.15) is 5.10 Å². The Kier molecular flexibility index (Phi) is 2.44. The van der Waals surface area contributed by atoms with Gasteiger partial charge in [-0.25, -0.2) is 14.6 Å². The van der Waals surface area contributed by atoms with Gasteiger partial charge in [0.25, 0.3) is 0 Å². The molecule has 3 aromatic rings. The van der Waals surface area contributed by atoms with Crippen molar-refractivity contribution in [1.29, 1.82) is 0 Å². The molecule has 0 atom stereocenters. The molecule has 0 saturated carbocycles. The van der Waals surface area contributed by atoms with Gasteiger partial charge >= 0.3 is 0 Å². The van der Waals surface area contributed by atoms with Crippen LogP contribution in [0.5, 0.6) is 0 Å². The smallest absolute Gasteiger partial charge is 0.163 e. The number of nitrogens with zero attached hydrogens (tertiary/aromatic N) is 4. The van der Waals surface area contributed by atoms with Gasteiger partial charge in [-0.15, -0.1) is 0 Å². The van der Waals surface area contributed by atoms with Crippen LogP contribution in [0.4, 0.5) is 5.82 Å². The molecule has 1 aromatic carbocycles. The fourth-order valence-corrected chi connectivity index (χ4v) is 2.08. The molecule has 0 bridgehead atoms. The fourth-order valence-electron chi connectivity index (χ4n) is 2.08. The van der Waals surface area contributed by atoms with E-state index in [0.717, 1.165) is 16.7 Å². The van der Waals surface area contributed by atoms with Gasteiger partial charge in [0.15, 0.2) is 5.65 Å². The summed E-state index contributed by atoms with van der Waals surface area (Å²) in [5.41, 5.74) is 8.68. The highest BCUT2D eigenvalue weighted by Gasteiger charge is 2.11. The lowest BCUT2D eigenvalue weighted by Crippen LogP contribution is -2.03. The summed E-state index contributed by atoms with van der Waals surface area (Å²) in [5, 5.41) is 5.32. The lowest BCUT2D eigenvalue weighted by Gasteiger charge is -2.02.